The van der Waals surface area contributed by atoms with Gasteiger partial charge in [0.05, 0.1) is 13.2 Å². The third kappa shape index (κ3) is 6.73. The maximum atomic E-state index is 5.82. The van der Waals surface area contributed by atoms with E-state index in [9.17, 15) is 0 Å². The molecule has 3 fully saturated rings. The molecule has 8 nitrogen and oxygen atoms in total. The summed E-state index contributed by atoms with van der Waals surface area (Å²) in [6, 6.07) is 23.7. The Kier molecular flexibility index (Phi) is 8.82. The number of morpholine rings is 1. The topological polar surface area (TPSA) is 68.8 Å². The molecule has 0 atom stereocenters. The summed E-state index contributed by atoms with van der Waals surface area (Å²) in [5.74, 6) is 2.40. The Hall–Kier alpha value is -3.43. The van der Waals surface area contributed by atoms with Crippen LogP contribution < -0.4 is 25.3 Å². The molecule has 9 heteroatoms. The highest BCUT2D eigenvalue weighted by molar-refractivity contribution is 7.80. The molecular formula is C32H41N7OS. The highest BCUT2D eigenvalue weighted by Gasteiger charge is 2.34. The Morgan fingerprint density at radius 3 is 2.00 bits per heavy atom. The van der Waals surface area contributed by atoms with Crippen molar-refractivity contribution < 1.29 is 4.74 Å². The van der Waals surface area contributed by atoms with Gasteiger partial charge in [-0.2, -0.15) is 9.97 Å². The molecule has 216 valence electrons. The number of hydrogen-bond donors (Lipinski definition) is 2. The van der Waals surface area contributed by atoms with Crippen LogP contribution in [0, 0.1) is 0 Å². The van der Waals surface area contributed by atoms with Crippen molar-refractivity contribution in [2.75, 3.05) is 79.0 Å². The molecule has 3 aliphatic rings. The first-order valence-corrected chi connectivity index (χ1v) is 15.5. The Balaban J connectivity index is 1.16. The van der Waals surface area contributed by atoms with Gasteiger partial charge in [-0.1, -0.05) is 67.8 Å². The number of rotatable bonds is 7. The second-order valence-electron chi connectivity index (χ2n) is 11.3. The predicted molar refractivity (Wildman–Crippen MR) is 171 cm³/mol. The van der Waals surface area contributed by atoms with E-state index in [1.807, 2.05) is 0 Å². The molecule has 1 saturated carbocycles. The monoisotopic (exact) mass is 571 g/mol. The molecule has 2 aromatic carbocycles. The highest BCUT2D eigenvalue weighted by Crippen LogP contribution is 2.39. The van der Waals surface area contributed by atoms with E-state index in [1.165, 1.54) is 43.4 Å². The summed E-state index contributed by atoms with van der Waals surface area (Å²) in [5, 5.41) is 7.47. The standard InChI is InChI=1S/C32H41N7OS/c41-31(33-25-32(14-8-3-9-15-32)26-10-4-1-5-11-26)36-30-34-28(24-29(35-30)39-20-22-40-23-21-39)38-18-16-37(17-19-38)27-12-6-2-7-13-27/h1-2,4-7,10-13,24H,3,8-9,14-23,25H2,(H2,33,34,35,36,41). The van der Waals surface area contributed by atoms with Crippen LogP contribution in [0.3, 0.4) is 0 Å². The zero-order chi connectivity index (χ0) is 27.9. The lowest BCUT2D eigenvalue weighted by Crippen LogP contribution is -2.47. The Labute approximate surface area is 249 Å². The van der Waals surface area contributed by atoms with Gasteiger partial charge in [0.15, 0.2) is 5.11 Å². The lowest BCUT2D eigenvalue weighted by atomic mass is 9.69. The minimum Gasteiger partial charge on any atom is -0.378 e. The van der Waals surface area contributed by atoms with Gasteiger partial charge in [0.25, 0.3) is 0 Å². The van der Waals surface area contributed by atoms with Crippen molar-refractivity contribution in [1.82, 2.24) is 15.3 Å². The van der Waals surface area contributed by atoms with E-state index in [2.05, 4.69) is 92.1 Å². The summed E-state index contributed by atoms with van der Waals surface area (Å²) >= 11 is 5.82. The van der Waals surface area contributed by atoms with Crippen molar-refractivity contribution in [2.45, 2.75) is 37.5 Å². The van der Waals surface area contributed by atoms with Crippen LogP contribution in [0.1, 0.15) is 37.7 Å². The Morgan fingerprint density at radius 2 is 1.34 bits per heavy atom. The molecule has 0 radical (unpaired) electrons. The van der Waals surface area contributed by atoms with Gasteiger partial charge in [-0.25, -0.2) is 0 Å². The lowest BCUT2D eigenvalue weighted by molar-refractivity contribution is 0.122. The molecule has 3 aromatic rings. The summed E-state index contributed by atoms with van der Waals surface area (Å²) < 4.78 is 5.60. The normalized spacial score (nSPS) is 19.1. The van der Waals surface area contributed by atoms with Crippen LogP contribution in [0.4, 0.5) is 23.3 Å². The third-order valence-corrected chi connectivity index (χ3v) is 9.02. The Bertz CT molecular complexity index is 1270. The van der Waals surface area contributed by atoms with Crippen LogP contribution in [0.2, 0.25) is 0 Å². The first-order valence-electron chi connectivity index (χ1n) is 15.1. The number of ether oxygens (including phenoxy) is 1. The largest absolute Gasteiger partial charge is 0.378 e. The smallest absolute Gasteiger partial charge is 0.232 e. The van der Waals surface area contributed by atoms with Crippen LogP contribution in [-0.2, 0) is 10.2 Å². The van der Waals surface area contributed by atoms with E-state index < -0.39 is 0 Å². The minimum atomic E-state index is 0.103. The van der Waals surface area contributed by atoms with Crippen LogP contribution in [-0.4, -0.2) is 74.1 Å². The molecule has 1 aromatic heterocycles. The molecule has 0 spiro atoms. The van der Waals surface area contributed by atoms with E-state index in [4.69, 9.17) is 26.9 Å². The van der Waals surface area contributed by atoms with Crippen LogP contribution in [0.15, 0.2) is 66.7 Å². The highest BCUT2D eigenvalue weighted by atomic mass is 32.1. The maximum absolute atomic E-state index is 5.82. The first-order chi connectivity index (χ1) is 20.2. The summed E-state index contributed by atoms with van der Waals surface area (Å²) in [6.07, 6.45) is 6.16. The molecule has 41 heavy (non-hydrogen) atoms. The van der Waals surface area contributed by atoms with Gasteiger partial charge >= 0.3 is 0 Å². The number of anilines is 4. The molecule has 2 aliphatic heterocycles. The molecule has 0 amide bonds. The molecule has 6 rings (SSSR count). The van der Waals surface area contributed by atoms with E-state index >= 15 is 0 Å². The fourth-order valence-corrected chi connectivity index (χ4v) is 6.57. The van der Waals surface area contributed by atoms with Gasteiger partial charge < -0.3 is 30.1 Å². The van der Waals surface area contributed by atoms with Gasteiger partial charge in [-0.05, 0) is 42.8 Å². The van der Waals surface area contributed by atoms with Crippen molar-refractivity contribution in [2.24, 2.45) is 0 Å². The quantitative estimate of drug-likeness (QED) is 0.388. The van der Waals surface area contributed by atoms with E-state index in [0.29, 0.717) is 24.3 Å². The van der Waals surface area contributed by atoms with Crippen molar-refractivity contribution in [1.29, 1.82) is 0 Å². The van der Waals surface area contributed by atoms with E-state index in [0.717, 1.165) is 57.4 Å². The van der Waals surface area contributed by atoms with Gasteiger partial charge in [0, 0.05) is 63.0 Å². The van der Waals surface area contributed by atoms with Crippen molar-refractivity contribution >= 4 is 40.6 Å². The maximum Gasteiger partial charge on any atom is 0.232 e. The average Bonchev–Trinajstić information content (AvgIpc) is 3.05. The third-order valence-electron chi connectivity index (χ3n) is 8.77. The number of benzene rings is 2. The molecule has 1 aliphatic carbocycles. The van der Waals surface area contributed by atoms with Crippen molar-refractivity contribution in [3.05, 3.63) is 72.3 Å². The molecular weight excluding hydrogens is 530 g/mol. The SMILES string of the molecule is S=C(NCC1(c2ccccc2)CCCCC1)Nc1nc(N2CCOCC2)cc(N2CCN(c3ccccc3)CC2)n1. The van der Waals surface area contributed by atoms with E-state index in [1.54, 1.807) is 0 Å². The van der Waals surface area contributed by atoms with Crippen LogP contribution in [0.5, 0.6) is 0 Å². The average molecular weight is 572 g/mol. The first kappa shape index (κ1) is 27.7. The summed E-state index contributed by atoms with van der Waals surface area (Å²) in [7, 11) is 0. The molecule has 0 bridgehead atoms. The van der Waals surface area contributed by atoms with Gasteiger partial charge in [-0.15, -0.1) is 0 Å². The zero-order valence-electron chi connectivity index (χ0n) is 23.8. The van der Waals surface area contributed by atoms with Gasteiger partial charge in [0.2, 0.25) is 5.95 Å². The fourth-order valence-electron chi connectivity index (χ4n) is 6.41. The summed E-state index contributed by atoms with van der Waals surface area (Å²) in [6.45, 7) is 7.56. The Morgan fingerprint density at radius 1 is 0.756 bits per heavy atom. The van der Waals surface area contributed by atoms with Crippen LogP contribution in [0.25, 0.3) is 0 Å². The van der Waals surface area contributed by atoms with Crippen molar-refractivity contribution in [3.63, 3.8) is 0 Å². The number of thiocarbonyl (C=S) groups is 1. The fraction of sp³-hybridized carbons (Fsp3) is 0.469. The molecule has 0 unspecified atom stereocenters. The second kappa shape index (κ2) is 13.0. The summed E-state index contributed by atoms with van der Waals surface area (Å²) in [5.41, 5.74) is 2.78. The minimum absolute atomic E-state index is 0.103. The van der Waals surface area contributed by atoms with Gasteiger partial charge in [-0.3, -0.25) is 0 Å². The molecule has 3 heterocycles. The van der Waals surface area contributed by atoms with Crippen LogP contribution >= 0.6 is 12.2 Å². The molecule has 2 N–H and O–H groups in total. The number of para-hydroxylation sites is 1. The van der Waals surface area contributed by atoms with E-state index in [-0.39, 0.29) is 5.41 Å². The number of piperazine rings is 1. The zero-order valence-corrected chi connectivity index (χ0v) is 24.6. The number of nitrogens with one attached hydrogen (secondary N) is 2. The number of aromatic nitrogens is 2. The summed E-state index contributed by atoms with van der Waals surface area (Å²) in [4.78, 5) is 16.9. The number of nitrogens with zero attached hydrogens (tertiary/aromatic N) is 5. The predicted octanol–water partition coefficient (Wildman–Crippen LogP) is 4.83. The van der Waals surface area contributed by atoms with Crippen molar-refractivity contribution in [3.8, 4) is 0 Å². The lowest BCUT2D eigenvalue weighted by Gasteiger charge is -2.38. The molecule has 2 saturated heterocycles. The number of hydrogen-bond acceptors (Lipinski definition) is 7. The second-order valence-corrected chi connectivity index (χ2v) is 11.7. The van der Waals surface area contributed by atoms with Gasteiger partial charge in [0.1, 0.15) is 11.6 Å².